The first kappa shape index (κ1) is 14.0. The van der Waals surface area contributed by atoms with Crippen LogP contribution in [-0.2, 0) is 0 Å². The van der Waals surface area contributed by atoms with Crippen LogP contribution in [0.25, 0.3) is 0 Å². The van der Waals surface area contributed by atoms with E-state index in [9.17, 15) is 0 Å². The minimum atomic E-state index is 0.0394. The fourth-order valence-corrected chi connectivity index (χ4v) is 2.79. The summed E-state index contributed by atoms with van der Waals surface area (Å²) in [5.41, 5.74) is 6.49. The average molecular weight is 226 g/mol. The van der Waals surface area contributed by atoms with Crippen LogP contribution in [0.4, 0.5) is 0 Å². The van der Waals surface area contributed by atoms with Gasteiger partial charge in [-0.2, -0.15) is 0 Å². The van der Waals surface area contributed by atoms with E-state index in [1.165, 1.54) is 38.6 Å². The van der Waals surface area contributed by atoms with Crippen LogP contribution in [0, 0.1) is 0 Å². The molecule has 2 heteroatoms. The number of nitrogens with two attached hydrogens (primary N) is 1. The lowest BCUT2D eigenvalue weighted by Crippen LogP contribution is -2.52. The molecule has 2 nitrogen and oxygen atoms in total. The van der Waals surface area contributed by atoms with E-state index in [-0.39, 0.29) is 5.54 Å². The predicted molar refractivity (Wildman–Crippen MR) is 71.6 cm³/mol. The summed E-state index contributed by atoms with van der Waals surface area (Å²) in [6, 6.07) is 0.781. The molecule has 1 rings (SSSR count). The molecule has 1 saturated heterocycles. The largest absolute Gasteiger partial charge is 0.324 e. The molecule has 1 fully saturated rings. The van der Waals surface area contributed by atoms with Gasteiger partial charge in [0.25, 0.3) is 0 Å². The van der Waals surface area contributed by atoms with Crippen molar-refractivity contribution in [2.45, 2.75) is 77.3 Å². The highest BCUT2D eigenvalue weighted by Gasteiger charge is 2.28. The molecule has 0 radical (unpaired) electrons. The first-order valence-electron chi connectivity index (χ1n) is 7.18. The molecule has 0 aromatic carbocycles. The summed E-state index contributed by atoms with van der Waals surface area (Å²) in [7, 11) is 0. The smallest absolute Gasteiger partial charge is 0.0278 e. The highest BCUT2D eigenvalue weighted by molar-refractivity contribution is 4.88. The molecule has 16 heavy (non-hydrogen) atoms. The van der Waals surface area contributed by atoms with Gasteiger partial charge in [-0.15, -0.1) is 0 Å². The van der Waals surface area contributed by atoms with Crippen molar-refractivity contribution >= 4 is 0 Å². The van der Waals surface area contributed by atoms with Gasteiger partial charge < -0.3 is 5.73 Å². The Morgan fingerprint density at radius 3 is 2.38 bits per heavy atom. The van der Waals surface area contributed by atoms with Crippen LogP contribution in [0.15, 0.2) is 0 Å². The van der Waals surface area contributed by atoms with Gasteiger partial charge in [-0.05, 0) is 38.6 Å². The molecule has 0 aromatic rings. The minimum Gasteiger partial charge on any atom is -0.324 e. The van der Waals surface area contributed by atoms with Crippen LogP contribution < -0.4 is 5.73 Å². The zero-order valence-electron chi connectivity index (χ0n) is 11.5. The van der Waals surface area contributed by atoms with Gasteiger partial charge in [0, 0.05) is 18.1 Å². The molecular formula is C14H30N2. The molecule has 1 unspecified atom stereocenters. The summed E-state index contributed by atoms with van der Waals surface area (Å²) in [6.07, 6.45) is 9.02. The fraction of sp³-hybridized carbons (Fsp3) is 1.00. The Balaban J connectivity index is 2.60. The van der Waals surface area contributed by atoms with Gasteiger partial charge in [0.05, 0.1) is 0 Å². The zero-order valence-corrected chi connectivity index (χ0v) is 11.5. The van der Waals surface area contributed by atoms with Crippen molar-refractivity contribution in [3.63, 3.8) is 0 Å². The van der Waals surface area contributed by atoms with Crippen molar-refractivity contribution in [1.82, 2.24) is 4.90 Å². The molecule has 0 spiro atoms. The van der Waals surface area contributed by atoms with Crippen molar-refractivity contribution in [1.29, 1.82) is 0 Å². The second-order valence-electron chi connectivity index (χ2n) is 5.45. The van der Waals surface area contributed by atoms with E-state index in [1.807, 2.05) is 0 Å². The first-order valence-corrected chi connectivity index (χ1v) is 7.18. The van der Waals surface area contributed by atoms with Gasteiger partial charge in [0.15, 0.2) is 0 Å². The number of hydrogen-bond acceptors (Lipinski definition) is 2. The summed E-state index contributed by atoms with van der Waals surface area (Å²) in [6.45, 7) is 9.12. The fourth-order valence-electron chi connectivity index (χ4n) is 2.79. The Morgan fingerprint density at radius 1 is 1.12 bits per heavy atom. The van der Waals surface area contributed by atoms with E-state index in [0.29, 0.717) is 0 Å². The number of rotatable bonds is 5. The minimum absolute atomic E-state index is 0.0394. The second kappa shape index (κ2) is 6.61. The maximum Gasteiger partial charge on any atom is 0.0278 e. The maximum atomic E-state index is 6.45. The molecule has 1 atom stereocenters. The van der Waals surface area contributed by atoms with Crippen LogP contribution in [0.2, 0.25) is 0 Å². The van der Waals surface area contributed by atoms with E-state index in [2.05, 4.69) is 25.7 Å². The molecule has 0 aliphatic carbocycles. The van der Waals surface area contributed by atoms with E-state index in [4.69, 9.17) is 5.73 Å². The molecule has 1 heterocycles. The monoisotopic (exact) mass is 226 g/mol. The van der Waals surface area contributed by atoms with Crippen molar-refractivity contribution in [3.05, 3.63) is 0 Å². The SMILES string of the molecule is CCC1CCCCCN1CC(N)(CC)CC. The average Bonchev–Trinajstić information content (AvgIpc) is 2.54. The Kier molecular flexibility index (Phi) is 5.77. The van der Waals surface area contributed by atoms with E-state index in [0.717, 1.165) is 25.4 Å². The normalized spacial score (nSPS) is 24.4. The van der Waals surface area contributed by atoms with E-state index < -0.39 is 0 Å². The highest BCUT2D eigenvalue weighted by atomic mass is 15.2. The maximum absolute atomic E-state index is 6.45. The van der Waals surface area contributed by atoms with E-state index >= 15 is 0 Å². The van der Waals surface area contributed by atoms with Crippen LogP contribution in [0.5, 0.6) is 0 Å². The van der Waals surface area contributed by atoms with Gasteiger partial charge in [-0.3, -0.25) is 4.90 Å². The molecule has 2 N–H and O–H groups in total. The Bertz CT molecular complexity index is 187. The number of likely N-dealkylation sites (tertiary alicyclic amines) is 1. The second-order valence-corrected chi connectivity index (χ2v) is 5.45. The van der Waals surface area contributed by atoms with Gasteiger partial charge in [0.2, 0.25) is 0 Å². The van der Waals surface area contributed by atoms with Gasteiger partial charge >= 0.3 is 0 Å². The highest BCUT2D eigenvalue weighted by Crippen LogP contribution is 2.22. The van der Waals surface area contributed by atoms with Crippen molar-refractivity contribution in [3.8, 4) is 0 Å². The molecule has 1 aliphatic heterocycles. The lowest BCUT2D eigenvalue weighted by atomic mass is 9.92. The third kappa shape index (κ3) is 3.74. The molecule has 0 aromatic heterocycles. The van der Waals surface area contributed by atoms with Crippen LogP contribution in [0.1, 0.15) is 65.7 Å². The van der Waals surface area contributed by atoms with Crippen molar-refractivity contribution in [2.75, 3.05) is 13.1 Å². The quantitative estimate of drug-likeness (QED) is 0.780. The molecule has 0 bridgehead atoms. The topological polar surface area (TPSA) is 29.3 Å². The Morgan fingerprint density at radius 2 is 1.81 bits per heavy atom. The van der Waals surface area contributed by atoms with Crippen LogP contribution in [-0.4, -0.2) is 29.6 Å². The van der Waals surface area contributed by atoms with Gasteiger partial charge in [-0.1, -0.05) is 33.6 Å². The summed E-state index contributed by atoms with van der Waals surface area (Å²) >= 11 is 0. The van der Waals surface area contributed by atoms with Gasteiger partial charge in [-0.25, -0.2) is 0 Å². The molecule has 96 valence electrons. The number of nitrogens with zero attached hydrogens (tertiary/aromatic N) is 1. The predicted octanol–water partition coefficient (Wildman–Crippen LogP) is 3.16. The van der Waals surface area contributed by atoms with Gasteiger partial charge in [0.1, 0.15) is 0 Å². The third-order valence-corrected chi connectivity index (χ3v) is 4.40. The number of hydrogen-bond donors (Lipinski definition) is 1. The van der Waals surface area contributed by atoms with Crippen LogP contribution >= 0.6 is 0 Å². The Labute approximate surface area is 102 Å². The van der Waals surface area contributed by atoms with Crippen LogP contribution in [0.3, 0.4) is 0 Å². The summed E-state index contributed by atoms with van der Waals surface area (Å²) in [4.78, 5) is 2.67. The summed E-state index contributed by atoms with van der Waals surface area (Å²) in [5, 5.41) is 0. The van der Waals surface area contributed by atoms with E-state index in [1.54, 1.807) is 0 Å². The zero-order chi connectivity index (χ0) is 12.0. The van der Waals surface area contributed by atoms with Crippen molar-refractivity contribution in [2.24, 2.45) is 5.73 Å². The third-order valence-electron chi connectivity index (χ3n) is 4.40. The summed E-state index contributed by atoms with van der Waals surface area (Å²) in [5.74, 6) is 0. The lowest BCUT2D eigenvalue weighted by molar-refractivity contribution is 0.144. The van der Waals surface area contributed by atoms with Crippen molar-refractivity contribution < 1.29 is 0 Å². The summed E-state index contributed by atoms with van der Waals surface area (Å²) < 4.78 is 0. The first-order chi connectivity index (χ1) is 7.65. The molecule has 0 amide bonds. The molecule has 1 aliphatic rings. The molecule has 0 saturated carbocycles. The standard InChI is InChI=1S/C14H30N2/c1-4-13-10-8-7-9-11-16(13)12-14(15,5-2)6-3/h13H,4-12,15H2,1-3H3. The Hall–Kier alpha value is -0.0800. The molecular weight excluding hydrogens is 196 g/mol. The lowest BCUT2D eigenvalue weighted by Gasteiger charge is -2.37.